The Morgan fingerprint density at radius 1 is 1.17 bits per heavy atom. The van der Waals surface area contributed by atoms with Crippen LogP contribution in [-0.4, -0.2) is 58.8 Å². The Morgan fingerprint density at radius 3 is 2.46 bits per heavy atom. The Bertz CT molecular complexity index is 576. The second kappa shape index (κ2) is 7.41. The molecule has 0 radical (unpaired) electrons. The highest BCUT2D eigenvalue weighted by molar-refractivity contribution is 6.45. The summed E-state index contributed by atoms with van der Waals surface area (Å²) < 4.78 is 4.55. The molecule has 2 aliphatic rings. The van der Waals surface area contributed by atoms with Gasteiger partial charge in [0.2, 0.25) is 5.91 Å². The largest absolute Gasteiger partial charge is 0.450 e. The number of amides is 6. The van der Waals surface area contributed by atoms with E-state index in [1.807, 2.05) is 12.2 Å². The molecule has 1 aliphatic carbocycles. The fourth-order valence-corrected chi connectivity index (χ4v) is 3.10. The van der Waals surface area contributed by atoms with Gasteiger partial charge in [-0.05, 0) is 25.7 Å². The molecule has 6 amide bonds. The first-order valence-electron chi connectivity index (χ1n) is 8.02. The second-order valence-corrected chi connectivity index (χ2v) is 5.95. The highest BCUT2D eigenvalue weighted by Gasteiger charge is 2.49. The molecular weight excluding hydrogens is 318 g/mol. The maximum absolute atomic E-state index is 12.4. The Kier molecular flexibility index (Phi) is 5.53. The van der Waals surface area contributed by atoms with Crippen LogP contribution < -0.4 is 5.32 Å². The lowest BCUT2D eigenvalue weighted by atomic mass is 9.85. The average Bonchev–Trinajstić information content (AvgIpc) is 2.72. The number of alkyl carbamates (subject to hydrolysis) is 1. The fourth-order valence-electron chi connectivity index (χ4n) is 3.10. The number of rotatable bonds is 4. The normalized spacial score (nSPS) is 24.3. The van der Waals surface area contributed by atoms with Crippen LogP contribution in [0, 0.1) is 5.92 Å². The summed E-state index contributed by atoms with van der Waals surface area (Å²) in [5.41, 5.74) is 0. The van der Waals surface area contributed by atoms with Crippen LogP contribution in [0.3, 0.4) is 0 Å². The Morgan fingerprint density at radius 2 is 1.83 bits per heavy atom. The molecule has 0 aromatic carbocycles. The molecule has 9 heteroatoms. The van der Waals surface area contributed by atoms with Gasteiger partial charge in [0.1, 0.15) is 6.54 Å². The lowest BCUT2D eigenvalue weighted by molar-refractivity contribution is -0.145. The lowest BCUT2D eigenvalue weighted by Gasteiger charge is -2.34. The van der Waals surface area contributed by atoms with Crippen molar-refractivity contribution < 1.29 is 28.7 Å². The van der Waals surface area contributed by atoms with Crippen molar-refractivity contribution in [3.05, 3.63) is 0 Å². The van der Waals surface area contributed by atoms with Gasteiger partial charge in [-0.15, -0.1) is 0 Å². The van der Waals surface area contributed by atoms with Crippen LogP contribution in [0.1, 0.15) is 39.5 Å². The third kappa shape index (κ3) is 3.55. The first-order valence-corrected chi connectivity index (χ1v) is 8.02. The molecule has 2 atom stereocenters. The molecule has 0 bridgehead atoms. The number of imide groups is 3. The monoisotopic (exact) mass is 339 g/mol. The van der Waals surface area contributed by atoms with E-state index in [1.165, 1.54) is 0 Å². The van der Waals surface area contributed by atoms with Gasteiger partial charge in [-0.3, -0.25) is 24.6 Å². The summed E-state index contributed by atoms with van der Waals surface area (Å²) in [7, 11) is 0. The Balaban J connectivity index is 2.05. The molecule has 24 heavy (non-hydrogen) atoms. The van der Waals surface area contributed by atoms with E-state index in [4.69, 9.17) is 0 Å². The van der Waals surface area contributed by atoms with Gasteiger partial charge in [0.05, 0.1) is 6.61 Å². The third-order valence-electron chi connectivity index (χ3n) is 4.30. The van der Waals surface area contributed by atoms with Crippen molar-refractivity contribution in [1.29, 1.82) is 0 Å². The zero-order valence-electron chi connectivity index (χ0n) is 13.7. The van der Waals surface area contributed by atoms with Crippen molar-refractivity contribution >= 4 is 29.8 Å². The first kappa shape index (κ1) is 17.9. The molecule has 1 saturated heterocycles. The van der Waals surface area contributed by atoms with Gasteiger partial charge in [-0.2, -0.15) is 0 Å². The van der Waals surface area contributed by atoms with Crippen LogP contribution in [0.15, 0.2) is 0 Å². The second-order valence-electron chi connectivity index (χ2n) is 5.95. The predicted molar refractivity (Wildman–Crippen MR) is 80.5 cm³/mol. The van der Waals surface area contributed by atoms with E-state index in [-0.39, 0.29) is 18.6 Å². The number of nitrogens with zero attached hydrogens (tertiary/aromatic N) is 2. The average molecular weight is 339 g/mol. The van der Waals surface area contributed by atoms with E-state index in [2.05, 4.69) is 4.74 Å². The summed E-state index contributed by atoms with van der Waals surface area (Å²) in [6.07, 6.45) is 2.45. The molecule has 2 fully saturated rings. The van der Waals surface area contributed by atoms with E-state index in [0.717, 1.165) is 24.2 Å². The molecule has 1 N–H and O–H groups in total. The summed E-state index contributed by atoms with van der Waals surface area (Å²) in [4.78, 5) is 61.1. The lowest BCUT2D eigenvalue weighted by Crippen LogP contribution is -2.47. The van der Waals surface area contributed by atoms with Gasteiger partial charge >= 0.3 is 23.9 Å². The zero-order valence-corrected chi connectivity index (χ0v) is 13.7. The summed E-state index contributed by atoms with van der Waals surface area (Å²) in [6, 6.07) is -1.14. The molecule has 2 rings (SSSR count). The molecule has 0 aromatic rings. The van der Waals surface area contributed by atoms with Crippen molar-refractivity contribution in [1.82, 2.24) is 15.1 Å². The van der Waals surface area contributed by atoms with Crippen LogP contribution in [0.25, 0.3) is 0 Å². The smallest absolute Gasteiger partial charge is 0.413 e. The molecule has 9 nitrogen and oxygen atoms in total. The van der Waals surface area contributed by atoms with Crippen LogP contribution in [0.5, 0.6) is 0 Å². The number of hydrogen-bond donors (Lipinski definition) is 1. The van der Waals surface area contributed by atoms with E-state index >= 15 is 0 Å². The van der Waals surface area contributed by atoms with Gasteiger partial charge in [0.15, 0.2) is 0 Å². The van der Waals surface area contributed by atoms with Crippen LogP contribution >= 0.6 is 0 Å². The van der Waals surface area contributed by atoms with Gasteiger partial charge in [-0.1, -0.05) is 19.8 Å². The van der Waals surface area contributed by atoms with Crippen molar-refractivity contribution in [3.8, 4) is 0 Å². The number of carbonyl (C=O) groups is 5. The first-order chi connectivity index (χ1) is 11.4. The number of nitrogens with one attached hydrogen (secondary N) is 1. The fraction of sp³-hybridized carbons (Fsp3) is 0.667. The number of ether oxygens (including phenoxy) is 1. The zero-order chi connectivity index (χ0) is 17.9. The van der Waals surface area contributed by atoms with E-state index < -0.39 is 36.4 Å². The highest BCUT2D eigenvalue weighted by atomic mass is 16.5. The van der Waals surface area contributed by atoms with E-state index in [9.17, 15) is 24.0 Å². The van der Waals surface area contributed by atoms with Crippen molar-refractivity contribution in [2.45, 2.75) is 45.6 Å². The molecule has 0 spiro atoms. The molecule has 0 unspecified atom stereocenters. The maximum atomic E-state index is 12.4. The summed E-state index contributed by atoms with van der Waals surface area (Å²) in [6.45, 7) is 2.89. The predicted octanol–water partition coefficient (Wildman–Crippen LogP) is 0.629. The summed E-state index contributed by atoms with van der Waals surface area (Å²) in [5.74, 6) is -2.74. The van der Waals surface area contributed by atoms with Crippen molar-refractivity contribution in [3.63, 3.8) is 0 Å². The highest BCUT2D eigenvalue weighted by Crippen LogP contribution is 2.31. The Hall–Kier alpha value is -2.45. The minimum Gasteiger partial charge on any atom is -0.450 e. The number of hydrogen-bond acceptors (Lipinski definition) is 6. The van der Waals surface area contributed by atoms with E-state index in [0.29, 0.717) is 11.3 Å². The molecule has 1 saturated carbocycles. The Labute approximate surface area is 139 Å². The molecule has 1 aliphatic heterocycles. The van der Waals surface area contributed by atoms with Crippen LogP contribution in [0.2, 0.25) is 0 Å². The van der Waals surface area contributed by atoms with Crippen molar-refractivity contribution in [2.24, 2.45) is 5.92 Å². The summed E-state index contributed by atoms with van der Waals surface area (Å²) in [5, 5.41) is 1.89. The molecule has 132 valence electrons. The SMILES string of the molecule is CCOC(=O)NC(=O)CN1C(=O)C(=O)N([C@@H]2CCCC[C@H]2C)C1=O. The van der Waals surface area contributed by atoms with Crippen LogP contribution in [-0.2, 0) is 19.1 Å². The summed E-state index contributed by atoms with van der Waals surface area (Å²) >= 11 is 0. The quantitative estimate of drug-likeness (QED) is 0.594. The topological polar surface area (TPSA) is 113 Å². The standard InChI is InChI=1S/C15H21N3O6/c1-3-24-14(22)16-11(19)8-17-12(20)13(21)18(15(17)23)10-7-5-4-6-9(10)2/h9-10H,3-8H2,1-2H3,(H,16,19,22)/t9-,10-/m1/s1. The van der Waals surface area contributed by atoms with E-state index in [1.54, 1.807) is 6.92 Å². The van der Waals surface area contributed by atoms with Crippen molar-refractivity contribution in [2.75, 3.05) is 13.2 Å². The minimum atomic E-state index is -1.04. The minimum absolute atomic E-state index is 0.0759. The molecular formula is C15H21N3O6. The van der Waals surface area contributed by atoms with Gasteiger partial charge < -0.3 is 4.74 Å². The third-order valence-corrected chi connectivity index (χ3v) is 4.30. The number of carbonyl (C=O) groups excluding carboxylic acids is 5. The van der Waals surface area contributed by atoms with Gasteiger partial charge in [0, 0.05) is 6.04 Å². The molecule has 0 aromatic heterocycles. The van der Waals surface area contributed by atoms with Gasteiger partial charge in [-0.25, -0.2) is 14.5 Å². The van der Waals surface area contributed by atoms with Gasteiger partial charge in [0.25, 0.3) is 0 Å². The van der Waals surface area contributed by atoms with Crippen LogP contribution in [0.4, 0.5) is 9.59 Å². The molecule has 1 heterocycles. The maximum Gasteiger partial charge on any atom is 0.413 e. The number of urea groups is 1.